The number of carbonyl (C=O) groups is 1. The van der Waals surface area contributed by atoms with Crippen molar-refractivity contribution in [3.63, 3.8) is 0 Å². The molecule has 0 radical (unpaired) electrons. The maximum Gasteiger partial charge on any atom is 0.256 e. The van der Waals surface area contributed by atoms with Crippen molar-refractivity contribution in [2.24, 2.45) is 0 Å². The van der Waals surface area contributed by atoms with E-state index >= 15 is 0 Å². The average molecular weight is 256 g/mol. The Labute approximate surface area is 110 Å². The van der Waals surface area contributed by atoms with E-state index in [4.69, 9.17) is 12.2 Å². The van der Waals surface area contributed by atoms with Gasteiger partial charge >= 0.3 is 0 Å². The summed E-state index contributed by atoms with van der Waals surface area (Å²) < 4.78 is 0. The van der Waals surface area contributed by atoms with E-state index in [1.165, 1.54) is 0 Å². The second-order valence-electron chi connectivity index (χ2n) is 4.60. The van der Waals surface area contributed by atoms with E-state index in [1.807, 2.05) is 49.4 Å². The van der Waals surface area contributed by atoms with Crippen molar-refractivity contribution >= 4 is 34.0 Å². The number of carbonyl (C=O) groups excluding carboxylic acids is 1. The summed E-state index contributed by atoms with van der Waals surface area (Å²) in [7, 11) is 0. The number of hydrogen-bond acceptors (Lipinski definition) is 2. The topological polar surface area (TPSA) is 41.1 Å². The molecule has 1 amide bonds. The van der Waals surface area contributed by atoms with Crippen molar-refractivity contribution < 1.29 is 4.79 Å². The number of amides is 1. The van der Waals surface area contributed by atoms with Crippen molar-refractivity contribution in [2.45, 2.75) is 12.5 Å². The molecule has 2 aromatic carbocycles. The normalized spacial score (nSPS) is 22.9. The van der Waals surface area contributed by atoms with Gasteiger partial charge in [0.05, 0.1) is 0 Å². The summed E-state index contributed by atoms with van der Waals surface area (Å²) in [6.45, 7) is 1.84. The van der Waals surface area contributed by atoms with E-state index in [0.717, 1.165) is 16.3 Å². The van der Waals surface area contributed by atoms with Crippen LogP contribution in [0.2, 0.25) is 0 Å². The Hall–Kier alpha value is -1.94. The highest BCUT2D eigenvalue weighted by molar-refractivity contribution is 7.80. The lowest BCUT2D eigenvalue weighted by atomic mass is 9.90. The van der Waals surface area contributed by atoms with Gasteiger partial charge in [-0.2, -0.15) is 0 Å². The first-order chi connectivity index (χ1) is 8.59. The molecular weight excluding hydrogens is 244 g/mol. The van der Waals surface area contributed by atoms with E-state index in [1.54, 1.807) is 0 Å². The van der Waals surface area contributed by atoms with Gasteiger partial charge in [-0.05, 0) is 41.5 Å². The summed E-state index contributed by atoms with van der Waals surface area (Å²) >= 11 is 5.00. The first kappa shape index (κ1) is 11.2. The zero-order valence-corrected chi connectivity index (χ0v) is 10.7. The van der Waals surface area contributed by atoms with E-state index < -0.39 is 5.54 Å². The number of fused-ring (bicyclic) bond motifs is 1. The van der Waals surface area contributed by atoms with Crippen LogP contribution in [0.3, 0.4) is 0 Å². The molecule has 1 aliphatic rings. The van der Waals surface area contributed by atoms with Crippen LogP contribution in [0.5, 0.6) is 0 Å². The lowest BCUT2D eigenvalue weighted by molar-refractivity contribution is -0.123. The maximum atomic E-state index is 12.0. The molecular formula is C14H12N2OS. The average Bonchev–Trinajstić information content (AvgIpc) is 2.63. The van der Waals surface area contributed by atoms with Crippen molar-refractivity contribution in [2.75, 3.05) is 0 Å². The SMILES string of the molecule is CC1(c2ccc3ccccc3c2)NC(=S)NC1=O. The summed E-state index contributed by atoms with van der Waals surface area (Å²) in [6.07, 6.45) is 0. The Kier molecular flexibility index (Phi) is 2.35. The van der Waals surface area contributed by atoms with Crippen molar-refractivity contribution in [1.29, 1.82) is 0 Å². The largest absolute Gasteiger partial charge is 0.345 e. The van der Waals surface area contributed by atoms with E-state index in [2.05, 4.69) is 10.6 Å². The molecule has 2 aromatic rings. The van der Waals surface area contributed by atoms with Gasteiger partial charge in [-0.3, -0.25) is 4.79 Å². The Morgan fingerprint density at radius 2 is 1.83 bits per heavy atom. The van der Waals surface area contributed by atoms with Crippen molar-refractivity contribution in [1.82, 2.24) is 10.6 Å². The molecule has 18 heavy (non-hydrogen) atoms. The van der Waals surface area contributed by atoms with Gasteiger partial charge < -0.3 is 10.6 Å². The third kappa shape index (κ3) is 1.57. The predicted octanol–water partition coefficient (Wildman–Crippen LogP) is 2.06. The predicted molar refractivity (Wildman–Crippen MR) is 75.2 cm³/mol. The summed E-state index contributed by atoms with van der Waals surface area (Å²) in [5.41, 5.74) is 0.139. The number of rotatable bonds is 1. The van der Waals surface area contributed by atoms with Gasteiger partial charge in [-0.25, -0.2) is 0 Å². The zero-order chi connectivity index (χ0) is 12.8. The fourth-order valence-electron chi connectivity index (χ4n) is 2.25. The first-order valence-corrected chi connectivity index (χ1v) is 6.13. The minimum atomic E-state index is -0.777. The van der Waals surface area contributed by atoms with Crippen LogP contribution < -0.4 is 10.6 Å². The lowest BCUT2D eigenvalue weighted by Crippen LogP contribution is -2.40. The molecule has 90 valence electrons. The molecule has 2 N–H and O–H groups in total. The second kappa shape index (κ2) is 3.78. The quantitative estimate of drug-likeness (QED) is 0.767. The lowest BCUT2D eigenvalue weighted by Gasteiger charge is -2.22. The van der Waals surface area contributed by atoms with Gasteiger partial charge in [0.15, 0.2) is 5.11 Å². The molecule has 0 saturated carbocycles. The second-order valence-corrected chi connectivity index (χ2v) is 5.00. The minimum Gasteiger partial charge on any atom is -0.345 e. The van der Waals surface area contributed by atoms with Crippen LogP contribution in [0, 0.1) is 0 Å². The van der Waals surface area contributed by atoms with Crippen molar-refractivity contribution in [3.05, 3.63) is 48.0 Å². The summed E-state index contributed by atoms with van der Waals surface area (Å²) in [4.78, 5) is 12.0. The molecule has 3 rings (SSSR count). The van der Waals surface area contributed by atoms with E-state index in [-0.39, 0.29) is 5.91 Å². The Morgan fingerprint density at radius 3 is 2.50 bits per heavy atom. The Bertz CT molecular complexity index is 668. The summed E-state index contributed by atoms with van der Waals surface area (Å²) in [5, 5.41) is 8.32. The van der Waals surface area contributed by atoms with E-state index in [0.29, 0.717) is 5.11 Å². The summed E-state index contributed by atoms with van der Waals surface area (Å²) in [6, 6.07) is 14.1. The van der Waals surface area contributed by atoms with Crippen LogP contribution in [0.15, 0.2) is 42.5 Å². The molecule has 0 aromatic heterocycles. The number of hydrogen-bond donors (Lipinski definition) is 2. The fraction of sp³-hybridized carbons (Fsp3) is 0.143. The molecule has 0 bridgehead atoms. The van der Waals surface area contributed by atoms with Gasteiger partial charge in [0.25, 0.3) is 5.91 Å². The van der Waals surface area contributed by atoms with Crippen LogP contribution in [0.25, 0.3) is 10.8 Å². The maximum absolute atomic E-state index is 12.0. The van der Waals surface area contributed by atoms with Crippen LogP contribution in [0.4, 0.5) is 0 Å². The third-order valence-corrected chi connectivity index (χ3v) is 3.58. The molecule has 1 atom stereocenters. The molecule has 4 heteroatoms. The van der Waals surface area contributed by atoms with Gasteiger partial charge in [-0.15, -0.1) is 0 Å². The molecule has 1 fully saturated rings. The Balaban J connectivity index is 2.14. The van der Waals surface area contributed by atoms with Crippen LogP contribution in [-0.4, -0.2) is 11.0 Å². The molecule has 3 nitrogen and oxygen atoms in total. The molecule has 1 saturated heterocycles. The fourth-order valence-corrected chi connectivity index (χ4v) is 2.54. The monoisotopic (exact) mass is 256 g/mol. The highest BCUT2D eigenvalue weighted by atomic mass is 32.1. The number of thiocarbonyl (C=S) groups is 1. The van der Waals surface area contributed by atoms with Crippen LogP contribution in [-0.2, 0) is 10.3 Å². The molecule has 0 spiro atoms. The van der Waals surface area contributed by atoms with Gasteiger partial charge in [-0.1, -0.05) is 36.4 Å². The zero-order valence-electron chi connectivity index (χ0n) is 9.86. The highest BCUT2D eigenvalue weighted by Crippen LogP contribution is 2.27. The number of benzene rings is 2. The highest BCUT2D eigenvalue weighted by Gasteiger charge is 2.41. The summed E-state index contributed by atoms with van der Waals surface area (Å²) in [5.74, 6) is -0.109. The smallest absolute Gasteiger partial charge is 0.256 e. The van der Waals surface area contributed by atoms with Gasteiger partial charge in [0.1, 0.15) is 5.54 Å². The first-order valence-electron chi connectivity index (χ1n) is 5.72. The van der Waals surface area contributed by atoms with Crippen LogP contribution in [0.1, 0.15) is 12.5 Å². The van der Waals surface area contributed by atoms with Gasteiger partial charge in [0.2, 0.25) is 0 Å². The minimum absolute atomic E-state index is 0.109. The van der Waals surface area contributed by atoms with Crippen molar-refractivity contribution in [3.8, 4) is 0 Å². The molecule has 1 heterocycles. The number of nitrogens with one attached hydrogen (secondary N) is 2. The molecule has 1 unspecified atom stereocenters. The van der Waals surface area contributed by atoms with E-state index in [9.17, 15) is 4.79 Å². The molecule has 0 aliphatic carbocycles. The molecule has 1 aliphatic heterocycles. The van der Waals surface area contributed by atoms with Gasteiger partial charge in [0, 0.05) is 0 Å². The third-order valence-electron chi connectivity index (χ3n) is 3.37. The standard InChI is InChI=1S/C14H12N2OS/c1-14(12(17)15-13(18)16-14)11-7-6-9-4-2-3-5-10(9)8-11/h2-8H,1H3,(H2,15,16,17,18). The van der Waals surface area contributed by atoms with Crippen LogP contribution >= 0.6 is 12.2 Å². The Morgan fingerprint density at radius 1 is 1.11 bits per heavy atom.